The van der Waals surface area contributed by atoms with Gasteiger partial charge >= 0.3 is 0 Å². The molecule has 0 saturated heterocycles. The molecule has 112 valence electrons. The third-order valence-corrected chi connectivity index (χ3v) is 2.78. The molecule has 0 bridgehead atoms. The minimum Gasteiger partial charge on any atom is -0.395 e. The van der Waals surface area contributed by atoms with E-state index in [1.165, 1.54) is 11.1 Å². The van der Waals surface area contributed by atoms with E-state index in [0.717, 1.165) is 4.90 Å². The molecule has 1 heterocycles. The van der Waals surface area contributed by atoms with Gasteiger partial charge in [-0.3, -0.25) is 4.79 Å². The second-order valence-corrected chi connectivity index (χ2v) is 4.58. The number of hydrogen-bond acceptors (Lipinski definition) is 4. The first-order valence-corrected chi connectivity index (χ1v) is 6.31. The van der Waals surface area contributed by atoms with Crippen LogP contribution in [0.5, 0.6) is 0 Å². The smallest absolute Gasteiger partial charge is 0.255 e. The molecule has 0 saturated carbocycles. The zero-order valence-electron chi connectivity index (χ0n) is 11.0. The predicted molar refractivity (Wildman–Crippen MR) is 72.2 cm³/mol. The average Bonchev–Trinajstić information content (AvgIpc) is 2.38. The summed E-state index contributed by atoms with van der Waals surface area (Å²) in [5.74, 6) is 0.00217. The van der Waals surface area contributed by atoms with Gasteiger partial charge in [0.05, 0.1) is 24.7 Å². The number of aliphatic hydroxyl groups is 1. The first kappa shape index (κ1) is 16.6. The molecule has 0 unspecified atom stereocenters. The molecule has 0 atom stereocenters. The van der Waals surface area contributed by atoms with E-state index >= 15 is 0 Å². The van der Waals surface area contributed by atoms with Crippen LogP contribution in [0.2, 0.25) is 5.02 Å². The number of aliphatic hydroxyl groups excluding tert-OH is 1. The first-order chi connectivity index (χ1) is 9.43. The van der Waals surface area contributed by atoms with Gasteiger partial charge in [-0.15, -0.1) is 0 Å². The Hall–Kier alpha value is -1.47. The van der Waals surface area contributed by atoms with Crippen LogP contribution in [0.3, 0.4) is 0 Å². The molecule has 1 rings (SSSR count). The number of pyridine rings is 1. The van der Waals surface area contributed by atoms with E-state index in [0.29, 0.717) is 10.8 Å². The molecular formula is C12H16ClF2N3O2. The van der Waals surface area contributed by atoms with Crippen LogP contribution in [0.25, 0.3) is 0 Å². The van der Waals surface area contributed by atoms with Gasteiger partial charge in [0, 0.05) is 19.8 Å². The van der Waals surface area contributed by atoms with Gasteiger partial charge in [0.1, 0.15) is 5.82 Å². The van der Waals surface area contributed by atoms with Crippen LogP contribution in [-0.4, -0.2) is 60.6 Å². The molecule has 0 aliphatic heterocycles. The van der Waals surface area contributed by atoms with Gasteiger partial charge in [-0.25, -0.2) is 13.8 Å². The third-order valence-electron chi connectivity index (χ3n) is 2.56. The van der Waals surface area contributed by atoms with Crippen molar-refractivity contribution < 1.29 is 18.7 Å². The normalized spacial score (nSPS) is 10.7. The summed E-state index contributed by atoms with van der Waals surface area (Å²) in [6, 6.07) is 3.24. The number of anilines is 1. The number of rotatable bonds is 7. The van der Waals surface area contributed by atoms with Gasteiger partial charge < -0.3 is 14.9 Å². The number of carbonyl (C=O) groups excluding carboxylic acids is 1. The molecule has 0 radical (unpaired) electrons. The zero-order valence-corrected chi connectivity index (χ0v) is 11.7. The van der Waals surface area contributed by atoms with E-state index in [1.807, 2.05) is 0 Å². The first-order valence-electron chi connectivity index (χ1n) is 5.93. The van der Waals surface area contributed by atoms with Crippen molar-refractivity contribution in [1.82, 2.24) is 9.88 Å². The van der Waals surface area contributed by atoms with Crippen LogP contribution in [0.1, 0.15) is 0 Å². The highest BCUT2D eigenvalue weighted by molar-refractivity contribution is 6.30. The quantitative estimate of drug-likeness (QED) is 0.824. The Balaban J connectivity index is 2.64. The van der Waals surface area contributed by atoms with E-state index in [2.05, 4.69) is 4.98 Å². The van der Waals surface area contributed by atoms with Crippen molar-refractivity contribution in [2.75, 3.05) is 38.2 Å². The molecule has 8 heteroatoms. The lowest BCUT2D eigenvalue weighted by molar-refractivity contribution is -0.132. The van der Waals surface area contributed by atoms with Crippen LogP contribution in [-0.2, 0) is 4.79 Å². The lowest BCUT2D eigenvalue weighted by atomic mass is 10.4. The number of alkyl halides is 2. The maximum atomic E-state index is 12.4. The highest BCUT2D eigenvalue weighted by Gasteiger charge is 2.19. The summed E-state index contributed by atoms with van der Waals surface area (Å²) in [7, 11) is 1.62. The highest BCUT2D eigenvalue weighted by atomic mass is 35.5. The van der Waals surface area contributed by atoms with Gasteiger partial charge in [-0.2, -0.15) is 0 Å². The Bertz CT molecular complexity index is 431. The molecule has 1 aromatic rings. The van der Waals surface area contributed by atoms with Crippen molar-refractivity contribution in [3.05, 3.63) is 23.4 Å². The maximum absolute atomic E-state index is 12.4. The van der Waals surface area contributed by atoms with Gasteiger partial charge in [-0.05, 0) is 12.1 Å². The summed E-state index contributed by atoms with van der Waals surface area (Å²) in [6.07, 6.45) is -1.20. The molecule has 0 aliphatic carbocycles. The maximum Gasteiger partial charge on any atom is 0.255 e. The van der Waals surface area contributed by atoms with Crippen LogP contribution in [0, 0.1) is 0 Å². The van der Waals surface area contributed by atoms with Crippen molar-refractivity contribution in [1.29, 1.82) is 0 Å². The fraction of sp³-hybridized carbons (Fsp3) is 0.500. The van der Waals surface area contributed by atoms with Crippen LogP contribution < -0.4 is 4.90 Å². The standard InChI is InChI=1S/C12H16ClF2N3O2/c1-17(11-3-2-9(13)6-16-11)8-12(20)18(4-5-19)7-10(14)15/h2-3,6,10,19H,4-5,7-8H2,1H3. The minimum atomic E-state index is -2.63. The molecule has 0 fully saturated rings. The minimum absolute atomic E-state index is 0.110. The van der Waals surface area contributed by atoms with Crippen molar-refractivity contribution in [3.63, 3.8) is 0 Å². The number of amides is 1. The molecule has 20 heavy (non-hydrogen) atoms. The van der Waals surface area contributed by atoms with E-state index < -0.39 is 18.9 Å². The summed E-state index contributed by atoms with van der Waals surface area (Å²) in [4.78, 5) is 18.4. The Morgan fingerprint density at radius 3 is 2.70 bits per heavy atom. The van der Waals surface area contributed by atoms with Crippen LogP contribution in [0.4, 0.5) is 14.6 Å². The second-order valence-electron chi connectivity index (χ2n) is 4.15. The predicted octanol–water partition coefficient (Wildman–Crippen LogP) is 1.26. The Morgan fingerprint density at radius 2 is 2.20 bits per heavy atom. The van der Waals surface area contributed by atoms with Crippen LogP contribution >= 0.6 is 11.6 Å². The highest BCUT2D eigenvalue weighted by Crippen LogP contribution is 2.13. The van der Waals surface area contributed by atoms with E-state index in [1.54, 1.807) is 19.2 Å². The van der Waals surface area contributed by atoms with Crippen LogP contribution in [0.15, 0.2) is 18.3 Å². The largest absolute Gasteiger partial charge is 0.395 e. The molecular weight excluding hydrogens is 292 g/mol. The number of nitrogens with zero attached hydrogens (tertiary/aromatic N) is 3. The SMILES string of the molecule is CN(CC(=O)N(CCO)CC(F)F)c1ccc(Cl)cn1. The molecule has 1 amide bonds. The topological polar surface area (TPSA) is 56.7 Å². The Labute approximate surface area is 120 Å². The summed E-state index contributed by atoms with van der Waals surface area (Å²) in [5.41, 5.74) is 0. The monoisotopic (exact) mass is 307 g/mol. The zero-order chi connectivity index (χ0) is 15.1. The number of likely N-dealkylation sites (N-methyl/N-ethyl adjacent to an activating group) is 1. The van der Waals surface area contributed by atoms with Gasteiger partial charge in [0.15, 0.2) is 0 Å². The fourth-order valence-corrected chi connectivity index (χ4v) is 1.69. The van der Waals surface area contributed by atoms with Crippen molar-refractivity contribution in [2.24, 2.45) is 0 Å². The van der Waals surface area contributed by atoms with Crippen molar-refractivity contribution in [2.45, 2.75) is 6.43 Å². The number of carbonyl (C=O) groups is 1. The molecule has 0 spiro atoms. The lowest BCUT2D eigenvalue weighted by Gasteiger charge is -2.25. The Kier molecular flexibility index (Phi) is 6.60. The summed E-state index contributed by atoms with van der Waals surface area (Å²) in [5, 5.41) is 9.27. The van der Waals surface area contributed by atoms with Crippen molar-refractivity contribution >= 4 is 23.3 Å². The lowest BCUT2D eigenvalue weighted by Crippen LogP contribution is -2.43. The second kappa shape index (κ2) is 7.96. The molecule has 0 aliphatic rings. The summed E-state index contributed by atoms with van der Waals surface area (Å²) >= 11 is 5.70. The Morgan fingerprint density at radius 1 is 1.50 bits per heavy atom. The van der Waals surface area contributed by atoms with Gasteiger partial charge in [-0.1, -0.05) is 11.6 Å². The summed E-state index contributed by atoms with van der Waals surface area (Å²) < 4.78 is 24.7. The van der Waals surface area contributed by atoms with E-state index in [9.17, 15) is 13.6 Å². The number of aromatic nitrogens is 1. The van der Waals surface area contributed by atoms with Crippen molar-refractivity contribution in [3.8, 4) is 0 Å². The molecule has 0 aromatic carbocycles. The third kappa shape index (κ3) is 5.26. The molecule has 1 N–H and O–H groups in total. The van der Waals surface area contributed by atoms with Gasteiger partial charge in [0.2, 0.25) is 5.91 Å². The van der Waals surface area contributed by atoms with Gasteiger partial charge in [0.25, 0.3) is 6.43 Å². The molecule has 5 nitrogen and oxygen atoms in total. The fourth-order valence-electron chi connectivity index (χ4n) is 1.58. The van der Waals surface area contributed by atoms with E-state index in [4.69, 9.17) is 16.7 Å². The number of halogens is 3. The average molecular weight is 308 g/mol. The summed E-state index contributed by atoms with van der Waals surface area (Å²) in [6.45, 7) is -1.28. The van der Waals surface area contributed by atoms with E-state index in [-0.39, 0.29) is 19.7 Å². The molecule has 1 aromatic heterocycles. The number of hydrogen-bond donors (Lipinski definition) is 1.